The Kier molecular flexibility index (Phi) is 3.42. The minimum absolute atomic E-state index is 0.306. The molecule has 2 aromatic heterocycles. The van der Waals surface area contributed by atoms with Gasteiger partial charge in [0.15, 0.2) is 5.82 Å². The number of nitrogens with one attached hydrogen (secondary N) is 1. The summed E-state index contributed by atoms with van der Waals surface area (Å²) in [6, 6.07) is 7.74. The van der Waals surface area contributed by atoms with E-state index in [1.165, 1.54) is 12.1 Å². The van der Waals surface area contributed by atoms with Gasteiger partial charge >= 0.3 is 0 Å². The van der Waals surface area contributed by atoms with Gasteiger partial charge in [0.2, 0.25) is 0 Å². The molecule has 0 atom stereocenters. The monoisotopic (exact) mass is 302 g/mol. The van der Waals surface area contributed by atoms with Crippen molar-refractivity contribution in [1.82, 2.24) is 15.1 Å². The van der Waals surface area contributed by atoms with Crippen LogP contribution in [0.15, 0.2) is 35.0 Å². The van der Waals surface area contributed by atoms with Crippen molar-refractivity contribution in [2.75, 3.05) is 0 Å². The summed E-state index contributed by atoms with van der Waals surface area (Å²) in [5.41, 5.74) is 1.75. The third kappa shape index (κ3) is 2.78. The van der Waals surface area contributed by atoms with Crippen LogP contribution < -0.4 is 0 Å². The molecule has 0 saturated heterocycles. The largest absolute Gasteiger partial charge is 0.352 e. The van der Waals surface area contributed by atoms with Gasteiger partial charge in [-0.1, -0.05) is 22.8 Å². The first-order valence-electron chi connectivity index (χ1n) is 6.01. The van der Waals surface area contributed by atoms with Crippen molar-refractivity contribution in [3.8, 4) is 17.5 Å². The van der Waals surface area contributed by atoms with Gasteiger partial charge in [-0.15, -0.1) is 0 Å². The molecule has 0 spiro atoms. The van der Waals surface area contributed by atoms with E-state index in [1.54, 1.807) is 18.3 Å². The average Bonchev–Trinajstić information content (AvgIpc) is 3.10. The standard InChI is InChI=1S/C14H8ClFN4O/c15-12-5-10(16)2-1-8(12)4-13-19-14(21-20-13)9-3-11(6-17)18-7-9/h1-3,5,7,18H,4H2. The van der Waals surface area contributed by atoms with Crippen LogP contribution in [0.5, 0.6) is 0 Å². The Morgan fingerprint density at radius 3 is 2.95 bits per heavy atom. The molecule has 0 saturated carbocycles. The second-order valence-corrected chi connectivity index (χ2v) is 4.75. The first-order chi connectivity index (χ1) is 10.2. The van der Waals surface area contributed by atoms with Crippen molar-refractivity contribution >= 4 is 11.6 Å². The first kappa shape index (κ1) is 13.3. The molecule has 5 nitrogen and oxygen atoms in total. The lowest BCUT2D eigenvalue weighted by Crippen LogP contribution is -1.92. The highest BCUT2D eigenvalue weighted by Gasteiger charge is 2.12. The third-order valence-corrected chi connectivity index (χ3v) is 3.23. The molecule has 1 aromatic carbocycles. The topological polar surface area (TPSA) is 78.5 Å². The van der Waals surface area contributed by atoms with E-state index in [4.69, 9.17) is 21.4 Å². The van der Waals surface area contributed by atoms with Gasteiger partial charge in [-0.2, -0.15) is 10.2 Å². The zero-order chi connectivity index (χ0) is 14.8. The number of benzene rings is 1. The maximum Gasteiger partial charge on any atom is 0.259 e. The van der Waals surface area contributed by atoms with E-state index >= 15 is 0 Å². The van der Waals surface area contributed by atoms with Gasteiger partial charge in [-0.25, -0.2) is 4.39 Å². The number of H-pyrrole nitrogens is 1. The Morgan fingerprint density at radius 1 is 1.38 bits per heavy atom. The Hall–Kier alpha value is -2.65. The molecule has 0 aliphatic rings. The van der Waals surface area contributed by atoms with E-state index < -0.39 is 5.82 Å². The van der Waals surface area contributed by atoms with Crippen molar-refractivity contribution in [1.29, 1.82) is 5.26 Å². The SMILES string of the molecule is N#Cc1cc(-c2nc(Cc3ccc(F)cc3Cl)no2)c[nH]1. The number of rotatable bonds is 3. The van der Waals surface area contributed by atoms with Crippen molar-refractivity contribution in [2.45, 2.75) is 6.42 Å². The summed E-state index contributed by atoms with van der Waals surface area (Å²) in [6.45, 7) is 0. The number of hydrogen-bond acceptors (Lipinski definition) is 4. The summed E-state index contributed by atoms with van der Waals surface area (Å²) < 4.78 is 18.1. The van der Waals surface area contributed by atoms with Crippen LogP contribution in [0.1, 0.15) is 17.1 Å². The molecule has 0 amide bonds. The normalized spacial score (nSPS) is 10.5. The second-order valence-electron chi connectivity index (χ2n) is 4.34. The van der Waals surface area contributed by atoms with E-state index in [0.717, 1.165) is 0 Å². The molecule has 1 N–H and O–H groups in total. The van der Waals surface area contributed by atoms with Gasteiger partial charge in [0.25, 0.3) is 5.89 Å². The summed E-state index contributed by atoms with van der Waals surface area (Å²) in [5, 5.41) is 12.9. The van der Waals surface area contributed by atoms with Crippen LogP contribution in [0, 0.1) is 17.1 Å². The lowest BCUT2D eigenvalue weighted by Gasteiger charge is -2.00. The molecule has 104 valence electrons. The smallest absolute Gasteiger partial charge is 0.259 e. The number of nitriles is 1. The van der Waals surface area contributed by atoms with Crippen molar-refractivity contribution in [3.63, 3.8) is 0 Å². The average molecular weight is 303 g/mol. The molecule has 0 aliphatic carbocycles. The van der Waals surface area contributed by atoms with Crippen molar-refractivity contribution in [2.24, 2.45) is 0 Å². The van der Waals surface area contributed by atoms with Gasteiger partial charge < -0.3 is 9.51 Å². The molecule has 0 fully saturated rings. The fourth-order valence-corrected chi connectivity index (χ4v) is 2.09. The van der Waals surface area contributed by atoms with Gasteiger partial charge in [0, 0.05) is 17.6 Å². The Bertz CT molecular complexity index is 834. The maximum absolute atomic E-state index is 13.0. The highest BCUT2D eigenvalue weighted by atomic mass is 35.5. The highest BCUT2D eigenvalue weighted by molar-refractivity contribution is 6.31. The Balaban J connectivity index is 1.83. The van der Waals surface area contributed by atoms with Crippen LogP contribution in [0.2, 0.25) is 5.02 Å². The summed E-state index contributed by atoms with van der Waals surface area (Å²) in [6.07, 6.45) is 1.94. The number of nitrogens with zero attached hydrogens (tertiary/aromatic N) is 3. The molecule has 3 aromatic rings. The molecule has 3 rings (SSSR count). The minimum atomic E-state index is -0.395. The van der Waals surface area contributed by atoms with Crippen LogP contribution >= 0.6 is 11.6 Å². The second kappa shape index (κ2) is 5.38. The molecule has 7 heteroatoms. The fourth-order valence-electron chi connectivity index (χ4n) is 1.86. The molecule has 0 unspecified atom stereocenters. The minimum Gasteiger partial charge on any atom is -0.352 e. The quantitative estimate of drug-likeness (QED) is 0.805. The molecule has 0 aliphatic heterocycles. The zero-order valence-corrected chi connectivity index (χ0v) is 11.4. The summed E-state index contributed by atoms with van der Waals surface area (Å²) in [4.78, 5) is 7.00. The molecular weight excluding hydrogens is 295 g/mol. The van der Waals surface area contributed by atoms with Crippen LogP contribution in [0.25, 0.3) is 11.5 Å². The summed E-state index contributed by atoms with van der Waals surface area (Å²) >= 11 is 5.96. The van der Waals surface area contributed by atoms with E-state index in [-0.39, 0.29) is 0 Å². The van der Waals surface area contributed by atoms with E-state index in [9.17, 15) is 4.39 Å². The molecule has 2 heterocycles. The molecular formula is C14H8ClFN4O. The first-order valence-corrected chi connectivity index (χ1v) is 6.39. The lowest BCUT2D eigenvalue weighted by molar-refractivity contribution is 0.424. The number of aromatic amines is 1. The van der Waals surface area contributed by atoms with E-state index in [0.29, 0.717) is 40.0 Å². The van der Waals surface area contributed by atoms with E-state index in [2.05, 4.69) is 15.1 Å². The molecule has 0 bridgehead atoms. The van der Waals surface area contributed by atoms with Gasteiger partial charge in [-0.3, -0.25) is 0 Å². The zero-order valence-electron chi connectivity index (χ0n) is 10.6. The van der Waals surface area contributed by atoms with Crippen molar-refractivity contribution in [3.05, 3.63) is 58.4 Å². The van der Waals surface area contributed by atoms with Crippen LogP contribution in [0.3, 0.4) is 0 Å². The Labute approximate surface area is 124 Å². The fraction of sp³-hybridized carbons (Fsp3) is 0.0714. The number of hydrogen-bond donors (Lipinski definition) is 1. The number of halogens is 2. The molecule has 0 radical (unpaired) electrons. The van der Waals surface area contributed by atoms with Crippen molar-refractivity contribution < 1.29 is 8.91 Å². The van der Waals surface area contributed by atoms with Crippen LogP contribution in [-0.2, 0) is 6.42 Å². The van der Waals surface area contributed by atoms with Gasteiger partial charge in [0.1, 0.15) is 17.6 Å². The number of aromatic nitrogens is 3. The summed E-state index contributed by atoms with van der Waals surface area (Å²) in [5.74, 6) is 0.341. The van der Waals surface area contributed by atoms with Crippen LogP contribution in [0.4, 0.5) is 4.39 Å². The molecule has 21 heavy (non-hydrogen) atoms. The highest BCUT2D eigenvalue weighted by Crippen LogP contribution is 2.22. The van der Waals surface area contributed by atoms with Crippen LogP contribution in [-0.4, -0.2) is 15.1 Å². The van der Waals surface area contributed by atoms with Gasteiger partial charge in [-0.05, 0) is 23.8 Å². The summed E-state index contributed by atoms with van der Waals surface area (Å²) in [7, 11) is 0. The predicted molar refractivity (Wildman–Crippen MR) is 73.0 cm³/mol. The predicted octanol–water partition coefficient (Wildman–Crippen LogP) is 3.32. The van der Waals surface area contributed by atoms with Gasteiger partial charge in [0.05, 0.1) is 5.56 Å². The Morgan fingerprint density at radius 2 is 2.24 bits per heavy atom. The maximum atomic E-state index is 13.0. The lowest BCUT2D eigenvalue weighted by atomic mass is 10.1. The van der Waals surface area contributed by atoms with E-state index in [1.807, 2.05) is 6.07 Å². The third-order valence-electron chi connectivity index (χ3n) is 2.88.